The third-order valence-corrected chi connectivity index (χ3v) is 5.73. The number of aliphatic hydroxyl groups is 1. The topological polar surface area (TPSA) is 100 Å². The number of aliphatic hydroxyl groups excluding tert-OH is 1. The average Bonchev–Trinajstić information content (AvgIpc) is 3.00. The van der Waals surface area contributed by atoms with Crippen LogP contribution in [0.15, 0.2) is 39.5 Å². The summed E-state index contributed by atoms with van der Waals surface area (Å²) in [6, 6.07) is 7.11. The molecule has 0 spiro atoms. The van der Waals surface area contributed by atoms with Gasteiger partial charge in [0, 0.05) is 18.2 Å². The Morgan fingerprint density at radius 2 is 2.00 bits per heavy atom. The molecule has 2 aromatic carbocycles. The number of rotatable bonds is 5. The number of halogens is 1. The van der Waals surface area contributed by atoms with Crippen molar-refractivity contribution in [2.45, 2.75) is 19.4 Å². The number of amides is 1. The van der Waals surface area contributed by atoms with Gasteiger partial charge in [0.15, 0.2) is 16.9 Å². The third kappa shape index (κ3) is 3.11. The van der Waals surface area contributed by atoms with Gasteiger partial charge in [-0.3, -0.25) is 9.59 Å². The SMILES string of the molecule is COc1cc([C@H]2c3c(oc4cc(C)c(Cl)cc4c3=O)C(=O)N2CCCO)ccc1O. The molecule has 156 valence electrons. The number of aromatic hydroxyl groups is 1. The predicted molar refractivity (Wildman–Crippen MR) is 111 cm³/mol. The summed E-state index contributed by atoms with van der Waals surface area (Å²) in [7, 11) is 1.42. The molecule has 2 heterocycles. The summed E-state index contributed by atoms with van der Waals surface area (Å²) in [6.07, 6.45) is 0.337. The molecule has 0 saturated heterocycles. The number of carbonyl (C=O) groups excluding carboxylic acids is 1. The third-order valence-electron chi connectivity index (χ3n) is 5.32. The van der Waals surface area contributed by atoms with E-state index in [1.54, 1.807) is 31.2 Å². The first-order valence-electron chi connectivity index (χ1n) is 9.43. The number of hydrogen-bond acceptors (Lipinski definition) is 6. The minimum absolute atomic E-state index is 0.0239. The highest BCUT2D eigenvalue weighted by molar-refractivity contribution is 6.32. The van der Waals surface area contributed by atoms with Crippen molar-refractivity contribution in [3.05, 3.63) is 68.0 Å². The van der Waals surface area contributed by atoms with E-state index in [0.717, 1.165) is 5.56 Å². The van der Waals surface area contributed by atoms with Gasteiger partial charge in [0.1, 0.15) is 5.58 Å². The summed E-state index contributed by atoms with van der Waals surface area (Å²) in [5, 5.41) is 20.0. The quantitative estimate of drug-likeness (QED) is 0.644. The Kier molecular flexibility index (Phi) is 5.17. The molecule has 2 N–H and O–H groups in total. The second-order valence-corrected chi connectivity index (χ2v) is 7.59. The van der Waals surface area contributed by atoms with Crippen LogP contribution in [0.25, 0.3) is 11.0 Å². The molecular formula is C22H20ClNO6. The molecule has 8 heteroatoms. The van der Waals surface area contributed by atoms with Crippen LogP contribution in [0.5, 0.6) is 11.5 Å². The summed E-state index contributed by atoms with van der Waals surface area (Å²) in [6.45, 7) is 1.91. The number of methoxy groups -OCH3 is 1. The Balaban J connectivity index is 1.99. The van der Waals surface area contributed by atoms with Crippen molar-refractivity contribution < 1.29 is 24.2 Å². The zero-order valence-corrected chi connectivity index (χ0v) is 17.2. The van der Waals surface area contributed by atoms with Crippen LogP contribution in [0.2, 0.25) is 5.02 Å². The number of ether oxygens (including phenoxy) is 1. The highest BCUT2D eigenvalue weighted by atomic mass is 35.5. The van der Waals surface area contributed by atoms with Crippen LogP contribution in [-0.4, -0.2) is 41.3 Å². The molecule has 1 amide bonds. The predicted octanol–water partition coefficient (Wildman–Crippen LogP) is 3.40. The largest absolute Gasteiger partial charge is 0.504 e. The number of benzene rings is 2. The summed E-state index contributed by atoms with van der Waals surface area (Å²) in [5.74, 6) is -0.286. The lowest BCUT2D eigenvalue weighted by atomic mass is 9.97. The summed E-state index contributed by atoms with van der Waals surface area (Å²) in [4.78, 5) is 28.1. The highest BCUT2D eigenvalue weighted by Gasteiger charge is 2.42. The molecule has 1 aromatic heterocycles. The Labute approximate surface area is 177 Å². The molecule has 1 aliphatic heterocycles. The Morgan fingerprint density at radius 3 is 2.70 bits per heavy atom. The molecule has 1 atom stereocenters. The molecule has 0 saturated carbocycles. The van der Waals surface area contributed by atoms with E-state index in [-0.39, 0.29) is 46.8 Å². The van der Waals surface area contributed by atoms with Crippen LogP contribution in [0.3, 0.4) is 0 Å². The van der Waals surface area contributed by atoms with Gasteiger partial charge in [-0.25, -0.2) is 0 Å². The standard InChI is InChI=1S/C22H20ClNO6/c1-11-8-16-13(10-14(11)23)20(27)18-19(12-4-5-15(26)17(9-12)29-2)24(6-3-7-25)22(28)21(18)30-16/h4-5,8-10,19,25-26H,3,6-7H2,1-2H3/t19-/m0/s1. The molecule has 0 radical (unpaired) electrons. The molecule has 3 aromatic rings. The van der Waals surface area contributed by atoms with Gasteiger partial charge in [0.25, 0.3) is 5.91 Å². The van der Waals surface area contributed by atoms with Gasteiger partial charge in [-0.1, -0.05) is 17.7 Å². The molecule has 0 unspecified atom stereocenters. The van der Waals surface area contributed by atoms with Gasteiger partial charge in [0.2, 0.25) is 5.76 Å². The van der Waals surface area contributed by atoms with E-state index in [0.29, 0.717) is 22.6 Å². The average molecular weight is 430 g/mol. The van der Waals surface area contributed by atoms with Gasteiger partial charge < -0.3 is 24.3 Å². The highest BCUT2D eigenvalue weighted by Crippen LogP contribution is 2.41. The van der Waals surface area contributed by atoms with Gasteiger partial charge in [-0.2, -0.15) is 0 Å². The fraction of sp³-hybridized carbons (Fsp3) is 0.273. The molecule has 7 nitrogen and oxygen atoms in total. The second kappa shape index (κ2) is 7.66. The number of phenolic OH excluding ortho intramolecular Hbond substituents is 1. The molecule has 0 aliphatic carbocycles. The molecule has 30 heavy (non-hydrogen) atoms. The van der Waals surface area contributed by atoms with E-state index >= 15 is 0 Å². The number of nitrogens with zero attached hydrogens (tertiary/aromatic N) is 1. The molecular weight excluding hydrogens is 410 g/mol. The summed E-state index contributed by atoms with van der Waals surface area (Å²) in [5.41, 5.74) is 1.47. The maximum Gasteiger partial charge on any atom is 0.290 e. The second-order valence-electron chi connectivity index (χ2n) is 7.18. The zero-order chi connectivity index (χ0) is 21.6. The molecule has 1 aliphatic rings. The van der Waals surface area contributed by atoms with Crippen molar-refractivity contribution in [2.24, 2.45) is 0 Å². The lowest BCUT2D eigenvalue weighted by Gasteiger charge is -2.25. The van der Waals surface area contributed by atoms with Crippen LogP contribution in [0, 0.1) is 6.92 Å². The fourth-order valence-electron chi connectivity index (χ4n) is 3.82. The van der Waals surface area contributed by atoms with Gasteiger partial charge in [-0.15, -0.1) is 0 Å². The normalized spacial score (nSPS) is 15.7. The Hall–Kier alpha value is -3.03. The van der Waals surface area contributed by atoms with Crippen LogP contribution < -0.4 is 10.2 Å². The number of hydrogen-bond donors (Lipinski definition) is 2. The van der Waals surface area contributed by atoms with Crippen LogP contribution >= 0.6 is 11.6 Å². The van der Waals surface area contributed by atoms with Crippen LogP contribution in [0.4, 0.5) is 0 Å². The van der Waals surface area contributed by atoms with Crippen molar-refractivity contribution in [3.8, 4) is 11.5 Å². The number of fused-ring (bicyclic) bond motifs is 2. The molecule has 4 rings (SSSR count). The van der Waals surface area contributed by atoms with E-state index in [1.807, 2.05) is 0 Å². The Bertz CT molecular complexity index is 1220. The van der Waals surface area contributed by atoms with Crippen molar-refractivity contribution in [2.75, 3.05) is 20.3 Å². The Morgan fingerprint density at radius 1 is 1.23 bits per heavy atom. The zero-order valence-electron chi connectivity index (χ0n) is 16.4. The van der Waals surface area contributed by atoms with Crippen LogP contribution in [0.1, 0.15) is 39.7 Å². The molecule has 0 bridgehead atoms. The number of carbonyl (C=O) groups is 1. The first-order chi connectivity index (χ1) is 14.4. The van der Waals surface area contributed by atoms with Crippen LogP contribution in [-0.2, 0) is 0 Å². The first-order valence-corrected chi connectivity index (χ1v) is 9.80. The van der Waals surface area contributed by atoms with E-state index in [9.17, 15) is 19.8 Å². The maximum atomic E-state index is 13.4. The van der Waals surface area contributed by atoms with Crippen molar-refractivity contribution in [3.63, 3.8) is 0 Å². The minimum atomic E-state index is -0.741. The lowest BCUT2D eigenvalue weighted by Crippen LogP contribution is -2.31. The fourth-order valence-corrected chi connectivity index (χ4v) is 3.99. The van der Waals surface area contributed by atoms with E-state index < -0.39 is 11.9 Å². The maximum absolute atomic E-state index is 13.4. The van der Waals surface area contributed by atoms with Gasteiger partial charge >= 0.3 is 0 Å². The van der Waals surface area contributed by atoms with E-state index in [4.69, 9.17) is 20.8 Å². The van der Waals surface area contributed by atoms with Gasteiger partial charge in [0.05, 0.1) is 24.1 Å². The number of aryl methyl sites for hydroxylation is 1. The van der Waals surface area contributed by atoms with Gasteiger partial charge in [-0.05, 0) is 48.7 Å². The lowest BCUT2D eigenvalue weighted by molar-refractivity contribution is 0.0716. The minimum Gasteiger partial charge on any atom is -0.504 e. The smallest absolute Gasteiger partial charge is 0.290 e. The number of phenols is 1. The monoisotopic (exact) mass is 429 g/mol. The summed E-state index contributed by atoms with van der Waals surface area (Å²) >= 11 is 6.22. The van der Waals surface area contributed by atoms with E-state index in [1.165, 1.54) is 18.1 Å². The van der Waals surface area contributed by atoms with Crippen molar-refractivity contribution in [1.82, 2.24) is 4.90 Å². The van der Waals surface area contributed by atoms with Crippen molar-refractivity contribution in [1.29, 1.82) is 0 Å². The van der Waals surface area contributed by atoms with Crippen molar-refractivity contribution >= 4 is 28.5 Å². The summed E-state index contributed by atoms with van der Waals surface area (Å²) < 4.78 is 11.1. The molecule has 0 fully saturated rings. The first kappa shape index (κ1) is 20.3. The van der Waals surface area contributed by atoms with E-state index in [2.05, 4.69) is 0 Å².